The standard InChI is InChI=1S/C6H13N.2BrH.Fe/c1-2-3-4-5-6-7;;;/h6-7H,2-5H2,1H3;2*1H;/q;;;+2/p-2. The van der Waals surface area contributed by atoms with Crippen molar-refractivity contribution >= 4 is 34.4 Å². The van der Waals surface area contributed by atoms with E-state index in [2.05, 4.69) is 35.1 Å². The van der Waals surface area contributed by atoms with Crippen LogP contribution in [0.4, 0.5) is 0 Å². The Balaban J connectivity index is 0. The van der Waals surface area contributed by atoms with Gasteiger partial charge >= 0.3 is 39.6 Å². The number of halogens is 2. The average Bonchev–Trinajstić information content (AvgIpc) is 1.91. The zero-order valence-electron chi connectivity index (χ0n) is 6.02. The van der Waals surface area contributed by atoms with Gasteiger partial charge in [0.05, 0.1) is 0 Å². The van der Waals surface area contributed by atoms with Gasteiger partial charge in [-0.3, -0.25) is 0 Å². The summed E-state index contributed by atoms with van der Waals surface area (Å²) in [5, 5.41) is 6.66. The van der Waals surface area contributed by atoms with Crippen LogP contribution in [0.3, 0.4) is 0 Å². The summed E-state index contributed by atoms with van der Waals surface area (Å²) in [6.45, 7) is 2.17. The molecule has 0 saturated carbocycles. The van der Waals surface area contributed by atoms with Crippen molar-refractivity contribution in [2.45, 2.75) is 32.6 Å². The SMILES string of the molecule is CCCCCC=N.[Br][Fe][Br]. The molecule has 1 N–H and O–H groups in total. The molecular formula is C6H13Br2FeN. The Labute approximate surface area is 83.4 Å². The van der Waals surface area contributed by atoms with Crippen molar-refractivity contribution in [1.29, 1.82) is 5.41 Å². The van der Waals surface area contributed by atoms with E-state index in [1.165, 1.54) is 25.5 Å². The predicted octanol–water partition coefficient (Wildman–Crippen LogP) is 3.90. The van der Waals surface area contributed by atoms with E-state index in [4.69, 9.17) is 5.41 Å². The summed E-state index contributed by atoms with van der Waals surface area (Å²) < 4.78 is 0. The van der Waals surface area contributed by atoms with E-state index in [9.17, 15) is 0 Å². The van der Waals surface area contributed by atoms with Gasteiger partial charge in [-0.25, -0.2) is 0 Å². The van der Waals surface area contributed by atoms with E-state index in [1.54, 1.807) is 0 Å². The molecule has 4 heteroatoms. The molecule has 0 fully saturated rings. The molecule has 0 aromatic carbocycles. The number of unbranched alkanes of at least 4 members (excludes halogenated alkanes) is 3. The summed E-state index contributed by atoms with van der Waals surface area (Å²) in [5.41, 5.74) is 0. The maximum absolute atomic E-state index is 6.66. The van der Waals surface area contributed by atoms with Gasteiger partial charge in [-0.05, 0) is 19.1 Å². The third kappa shape index (κ3) is 22.9. The van der Waals surface area contributed by atoms with Crippen molar-refractivity contribution in [3.8, 4) is 0 Å². The molecule has 1 nitrogen and oxygen atoms in total. The molecule has 0 aliphatic heterocycles. The van der Waals surface area contributed by atoms with Crippen molar-refractivity contribution in [2.75, 3.05) is 0 Å². The van der Waals surface area contributed by atoms with Gasteiger partial charge in [0, 0.05) is 0 Å². The van der Waals surface area contributed by atoms with Gasteiger partial charge in [-0.1, -0.05) is 19.8 Å². The van der Waals surface area contributed by atoms with E-state index in [-0.39, 0.29) is 0 Å². The minimum absolute atomic E-state index is 0.875. The van der Waals surface area contributed by atoms with E-state index < -0.39 is 0 Å². The predicted molar refractivity (Wildman–Crippen MR) is 50.8 cm³/mol. The topological polar surface area (TPSA) is 23.9 Å². The Kier molecular flexibility index (Phi) is 22.8. The first kappa shape index (κ1) is 13.7. The summed E-state index contributed by atoms with van der Waals surface area (Å²) in [4.78, 5) is 0. The van der Waals surface area contributed by atoms with Gasteiger partial charge in [0.15, 0.2) is 0 Å². The third-order valence-corrected chi connectivity index (χ3v) is 0.952. The van der Waals surface area contributed by atoms with E-state index in [0.29, 0.717) is 0 Å². The molecule has 0 spiro atoms. The molecule has 0 atom stereocenters. The van der Waals surface area contributed by atoms with Crippen molar-refractivity contribution in [3.63, 3.8) is 0 Å². The van der Waals surface area contributed by atoms with Gasteiger partial charge in [-0.15, -0.1) is 0 Å². The fraction of sp³-hybridized carbons (Fsp3) is 0.833. The van der Waals surface area contributed by atoms with Crippen LogP contribution in [0.25, 0.3) is 0 Å². The van der Waals surface area contributed by atoms with E-state index in [1.807, 2.05) is 0 Å². The van der Waals surface area contributed by atoms with Crippen LogP contribution in [0.2, 0.25) is 0 Å². The molecule has 0 heterocycles. The van der Waals surface area contributed by atoms with Crippen molar-refractivity contribution < 1.29 is 11.3 Å². The maximum atomic E-state index is 6.66. The van der Waals surface area contributed by atoms with Gasteiger partial charge in [0.25, 0.3) is 0 Å². The normalized spacial score (nSPS) is 8.30. The molecule has 0 rings (SSSR count). The van der Waals surface area contributed by atoms with Crippen LogP contribution < -0.4 is 0 Å². The Morgan fingerprint density at radius 2 is 1.90 bits per heavy atom. The van der Waals surface area contributed by atoms with Crippen LogP contribution in [0, 0.1) is 5.41 Å². The second-order valence-corrected chi connectivity index (χ2v) is 7.32. The van der Waals surface area contributed by atoms with Crippen LogP contribution in [0.15, 0.2) is 0 Å². The summed E-state index contributed by atoms with van der Waals surface area (Å²) in [6.07, 6.45) is 6.17. The Morgan fingerprint density at radius 3 is 2.20 bits per heavy atom. The summed E-state index contributed by atoms with van der Waals surface area (Å²) in [5.74, 6) is 0. The van der Waals surface area contributed by atoms with Gasteiger partial charge in [0.1, 0.15) is 0 Å². The third-order valence-electron chi connectivity index (χ3n) is 0.952. The zero-order valence-corrected chi connectivity index (χ0v) is 10.3. The van der Waals surface area contributed by atoms with Crippen molar-refractivity contribution in [3.05, 3.63) is 0 Å². The average molecular weight is 315 g/mol. The number of nitrogens with one attached hydrogen (secondary N) is 1. The first-order valence-corrected chi connectivity index (χ1v) is 8.63. The molecule has 0 aromatic rings. The summed E-state index contributed by atoms with van der Waals surface area (Å²) >= 11 is 7.00. The monoisotopic (exact) mass is 313 g/mol. The molecule has 0 aromatic heterocycles. The van der Waals surface area contributed by atoms with Crippen LogP contribution in [-0.4, -0.2) is 6.21 Å². The minimum atomic E-state index is 0.875. The van der Waals surface area contributed by atoms with E-state index >= 15 is 0 Å². The molecule has 0 bridgehead atoms. The second-order valence-electron chi connectivity index (χ2n) is 1.75. The number of rotatable bonds is 4. The van der Waals surface area contributed by atoms with Gasteiger partial charge < -0.3 is 5.41 Å². The Hall–Kier alpha value is 1.15. The fourth-order valence-corrected chi connectivity index (χ4v) is 0.496. The van der Waals surface area contributed by atoms with Crippen LogP contribution in [0.5, 0.6) is 0 Å². The Morgan fingerprint density at radius 1 is 1.40 bits per heavy atom. The quantitative estimate of drug-likeness (QED) is 0.462. The fourth-order valence-electron chi connectivity index (χ4n) is 0.496. The molecular weight excluding hydrogens is 302 g/mol. The first-order valence-electron chi connectivity index (χ1n) is 3.17. The van der Waals surface area contributed by atoms with Gasteiger partial charge in [-0.2, -0.15) is 0 Å². The summed E-state index contributed by atoms with van der Waals surface area (Å²) in [7, 11) is 0. The van der Waals surface area contributed by atoms with Crippen LogP contribution in [0.1, 0.15) is 32.6 Å². The van der Waals surface area contributed by atoms with Crippen molar-refractivity contribution in [1.82, 2.24) is 0 Å². The first-order chi connectivity index (χ1) is 4.83. The Bertz CT molecular complexity index is 61.7. The summed E-state index contributed by atoms with van der Waals surface area (Å²) in [6, 6.07) is 0. The molecule has 0 radical (unpaired) electrons. The molecule has 0 amide bonds. The number of hydrogen-bond donors (Lipinski definition) is 1. The molecule has 0 aliphatic rings. The second kappa shape index (κ2) is 16.6. The molecule has 0 aliphatic carbocycles. The van der Waals surface area contributed by atoms with Gasteiger partial charge in [0.2, 0.25) is 0 Å². The van der Waals surface area contributed by atoms with E-state index in [0.717, 1.165) is 17.8 Å². The molecule has 0 saturated heterocycles. The molecule has 0 unspecified atom stereocenters. The van der Waals surface area contributed by atoms with Crippen molar-refractivity contribution in [2.24, 2.45) is 0 Å². The zero-order chi connectivity index (χ0) is 8.24. The van der Waals surface area contributed by atoms with Crippen LogP contribution in [-0.2, 0) is 11.3 Å². The molecule has 64 valence electrons. The van der Waals surface area contributed by atoms with Crippen LogP contribution >= 0.6 is 28.2 Å². The molecule has 10 heavy (non-hydrogen) atoms. The number of hydrogen-bond acceptors (Lipinski definition) is 1.